The van der Waals surface area contributed by atoms with Gasteiger partial charge >= 0.3 is 0 Å². The summed E-state index contributed by atoms with van der Waals surface area (Å²) in [6, 6.07) is 0. The summed E-state index contributed by atoms with van der Waals surface area (Å²) in [6.45, 7) is 2.18. The van der Waals surface area contributed by atoms with Gasteiger partial charge in [0.15, 0.2) is 0 Å². The Balaban J connectivity index is 2.69. The highest BCUT2D eigenvalue weighted by molar-refractivity contribution is 6.18. The number of halogens is 2. The van der Waals surface area contributed by atoms with Gasteiger partial charge in [-0.2, -0.15) is 0 Å². The molecule has 68 valence electrons. The lowest BCUT2D eigenvalue weighted by Gasteiger charge is -2.01. The second-order valence-corrected chi connectivity index (χ2v) is 3.30. The molecule has 0 rings (SSSR count). The maximum atomic E-state index is 5.52. The van der Waals surface area contributed by atoms with Crippen molar-refractivity contribution >= 4 is 23.2 Å². The van der Waals surface area contributed by atoms with Gasteiger partial charge in [-0.3, -0.25) is 0 Å². The predicted octanol–water partition coefficient (Wildman–Crippen LogP) is 2.61. The van der Waals surface area contributed by atoms with Gasteiger partial charge < -0.3 is 5.32 Å². The van der Waals surface area contributed by atoms with Gasteiger partial charge in [-0.25, -0.2) is 0 Å². The van der Waals surface area contributed by atoms with Crippen molar-refractivity contribution in [3.8, 4) is 0 Å². The highest BCUT2D eigenvalue weighted by atomic mass is 35.5. The fourth-order valence-electron chi connectivity index (χ4n) is 0.814. The van der Waals surface area contributed by atoms with Gasteiger partial charge in [-0.15, -0.1) is 23.2 Å². The Morgan fingerprint density at radius 2 is 1.18 bits per heavy atom. The summed E-state index contributed by atoms with van der Waals surface area (Å²) in [7, 11) is 0. The number of hydrogen-bond donors (Lipinski definition) is 1. The van der Waals surface area contributed by atoms with Crippen molar-refractivity contribution in [3.05, 3.63) is 0 Å². The Labute approximate surface area is 79.5 Å². The molecule has 0 aromatic heterocycles. The number of unbranched alkanes of at least 4 members (excludes halogenated alkanes) is 2. The Hall–Kier alpha value is 0.540. The van der Waals surface area contributed by atoms with E-state index >= 15 is 0 Å². The van der Waals surface area contributed by atoms with Crippen LogP contribution in [0.3, 0.4) is 0 Å². The summed E-state index contributed by atoms with van der Waals surface area (Å²) in [5.41, 5.74) is 0. The molecule has 1 nitrogen and oxygen atoms in total. The van der Waals surface area contributed by atoms with Crippen LogP contribution in [0.15, 0.2) is 0 Å². The molecular weight excluding hydrogens is 181 g/mol. The average molecular weight is 198 g/mol. The first-order chi connectivity index (χ1) is 5.41. The van der Waals surface area contributed by atoms with E-state index < -0.39 is 0 Å². The molecule has 0 radical (unpaired) electrons. The van der Waals surface area contributed by atoms with Crippen LogP contribution in [0.5, 0.6) is 0 Å². The van der Waals surface area contributed by atoms with Gasteiger partial charge in [-0.05, 0) is 38.8 Å². The van der Waals surface area contributed by atoms with Crippen LogP contribution in [-0.2, 0) is 0 Å². The Morgan fingerprint density at radius 3 is 1.55 bits per heavy atom. The summed E-state index contributed by atoms with van der Waals surface area (Å²) < 4.78 is 0. The second kappa shape index (κ2) is 10.5. The van der Waals surface area contributed by atoms with Gasteiger partial charge in [0.1, 0.15) is 0 Å². The highest BCUT2D eigenvalue weighted by Crippen LogP contribution is 1.91. The van der Waals surface area contributed by atoms with Crippen LogP contribution < -0.4 is 5.32 Å². The molecule has 0 saturated heterocycles. The van der Waals surface area contributed by atoms with Crippen LogP contribution >= 0.6 is 23.2 Å². The lowest BCUT2D eigenvalue weighted by molar-refractivity contribution is 0.613. The fraction of sp³-hybridized carbons (Fsp3) is 1.00. The van der Waals surface area contributed by atoms with Crippen molar-refractivity contribution < 1.29 is 0 Å². The normalized spacial score (nSPS) is 10.4. The monoisotopic (exact) mass is 197 g/mol. The molecule has 1 N–H and O–H groups in total. The summed E-state index contributed by atoms with van der Waals surface area (Å²) in [5.74, 6) is 1.56. The second-order valence-electron chi connectivity index (χ2n) is 2.54. The minimum atomic E-state index is 0.781. The molecule has 0 saturated carbocycles. The van der Waals surface area contributed by atoms with E-state index in [-0.39, 0.29) is 0 Å². The van der Waals surface area contributed by atoms with Crippen LogP contribution in [0, 0.1) is 0 Å². The molecule has 0 unspecified atom stereocenters. The zero-order chi connectivity index (χ0) is 8.36. The molecule has 0 bridgehead atoms. The van der Waals surface area contributed by atoms with Crippen LogP contribution in [0.25, 0.3) is 0 Å². The number of nitrogens with one attached hydrogen (secondary N) is 1. The van der Waals surface area contributed by atoms with Crippen molar-refractivity contribution in [2.24, 2.45) is 0 Å². The van der Waals surface area contributed by atoms with Crippen molar-refractivity contribution in [1.29, 1.82) is 0 Å². The zero-order valence-electron chi connectivity index (χ0n) is 6.91. The third kappa shape index (κ3) is 10.5. The van der Waals surface area contributed by atoms with E-state index in [1.165, 1.54) is 12.8 Å². The third-order valence-electron chi connectivity index (χ3n) is 1.47. The zero-order valence-corrected chi connectivity index (χ0v) is 8.42. The summed E-state index contributed by atoms with van der Waals surface area (Å²) >= 11 is 11.0. The summed E-state index contributed by atoms with van der Waals surface area (Å²) in [4.78, 5) is 0. The molecule has 0 spiro atoms. The lowest BCUT2D eigenvalue weighted by Crippen LogP contribution is -2.16. The molecule has 0 aromatic rings. The topological polar surface area (TPSA) is 12.0 Å². The van der Waals surface area contributed by atoms with Crippen molar-refractivity contribution in [2.75, 3.05) is 24.8 Å². The Morgan fingerprint density at radius 1 is 0.727 bits per heavy atom. The predicted molar refractivity (Wildman–Crippen MR) is 52.8 cm³/mol. The molecular formula is C8H17Cl2N. The molecule has 11 heavy (non-hydrogen) atoms. The molecule has 0 fully saturated rings. The molecule has 3 heteroatoms. The first kappa shape index (κ1) is 11.5. The van der Waals surface area contributed by atoms with Gasteiger partial charge in [-0.1, -0.05) is 0 Å². The standard InChI is InChI=1S/C8H17Cl2N/c9-5-1-3-7-11-8-4-2-6-10/h11H,1-8H2. The summed E-state index contributed by atoms with van der Waals surface area (Å²) in [6.07, 6.45) is 4.60. The Bertz CT molecular complexity index is 61.1. The first-order valence-corrected chi connectivity index (χ1v) is 5.31. The van der Waals surface area contributed by atoms with Gasteiger partial charge in [0.25, 0.3) is 0 Å². The van der Waals surface area contributed by atoms with E-state index in [4.69, 9.17) is 23.2 Å². The van der Waals surface area contributed by atoms with Crippen LogP contribution in [0.1, 0.15) is 25.7 Å². The molecule has 0 atom stereocenters. The SMILES string of the molecule is ClCCCCNCCCCCl. The molecule has 0 heterocycles. The van der Waals surface area contributed by atoms with Crippen LogP contribution in [0.2, 0.25) is 0 Å². The van der Waals surface area contributed by atoms with E-state index in [0.29, 0.717) is 0 Å². The molecule has 0 amide bonds. The minimum absolute atomic E-state index is 0.781. The Kier molecular flexibility index (Phi) is 11.1. The van der Waals surface area contributed by atoms with Crippen LogP contribution in [-0.4, -0.2) is 24.8 Å². The fourth-order valence-corrected chi connectivity index (χ4v) is 1.19. The molecule has 0 aliphatic heterocycles. The number of hydrogen-bond acceptors (Lipinski definition) is 1. The summed E-state index contributed by atoms with van der Waals surface area (Å²) in [5, 5.41) is 3.34. The van der Waals surface area contributed by atoms with Gasteiger partial charge in [0, 0.05) is 11.8 Å². The molecule has 0 aliphatic carbocycles. The van der Waals surface area contributed by atoms with E-state index in [2.05, 4.69) is 5.32 Å². The van der Waals surface area contributed by atoms with Crippen molar-refractivity contribution in [2.45, 2.75) is 25.7 Å². The third-order valence-corrected chi connectivity index (χ3v) is 2.01. The maximum Gasteiger partial charge on any atom is 0.0223 e. The molecule has 0 aliphatic rings. The van der Waals surface area contributed by atoms with Crippen molar-refractivity contribution in [3.63, 3.8) is 0 Å². The quantitative estimate of drug-likeness (QED) is 0.467. The minimum Gasteiger partial charge on any atom is -0.317 e. The smallest absolute Gasteiger partial charge is 0.0223 e. The van der Waals surface area contributed by atoms with Crippen molar-refractivity contribution in [1.82, 2.24) is 5.32 Å². The van der Waals surface area contributed by atoms with E-state index in [1.54, 1.807) is 0 Å². The molecule has 0 aromatic carbocycles. The van der Waals surface area contributed by atoms with E-state index in [1.807, 2.05) is 0 Å². The highest BCUT2D eigenvalue weighted by Gasteiger charge is 1.87. The number of rotatable bonds is 8. The largest absolute Gasteiger partial charge is 0.317 e. The maximum absolute atomic E-state index is 5.52. The first-order valence-electron chi connectivity index (χ1n) is 4.24. The number of alkyl halides is 2. The van der Waals surface area contributed by atoms with E-state index in [0.717, 1.165) is 37.7 Å². The van der Waals surface area contributed by atoms with Crippen LogP contribution in [0.4, 0.5) is 0 Å². The van der Waals surface area contributed by atoms with E-state index in [9.17, 15) is 0 Å². The van der Waals surface area contributed by atoms with Gasteiger partial charge in [0.2, 0.25) is 0 Å². The van der Waals surface area contributed by atoms with Gasteiger partial charge in [0.05, 0.1) is 0 Å². The lowest BCUT2D eigenvalue weighted by atomic mass is 10.3. The average Bonchev–Trinajstić information content (AvgIpc) is 2.03.